The van der Waals surface area contributed by atoms with Gasteiger partial charge in [0.25, 0.3) is 0 Å². The highest BCUT2D eigenvalue weighted by Crippen LogP contribution is 2.03. The molecular weight excluding hydrogens is 174 g/mol. The van der Waals surface area contributed by atoms with Gasteiger partial charge in [-0.15, -0.1) is 0 Å². The van der Waals surface area contributed by atoms with Crippen LogP contribution in [0, 0.1) is 0 Å². The largest absolute Gasteiger partial charge is 0.456 e. The number of hydrogen-bond donors (Lipinski definition) is 1. The lowest BCUT2D eigenvalue weighted by molar-refractivity contribution is -0.146. The van der Waals surface area contributed by atoms with Crippen molar-refractivity contribution < 1.29 is 19.1 Å². The number of carbonyl (C=O) groups is 2. The van der Waals surface area contributed by atoms with Crippen molar-refractivity contribution in [3.05, 3.63) is 12.7 Å². The molecule has 0 aromatic heterocycles. The summed E-state index contributed by atoms with van der Waals surface area (Å²) >= 11 is 0. The van der Waals surface area contributed by atoms with E-state index >= 15 is 0 Å². The standard InChI is InChI=1S/C8H13NO4/c1-4-7(10)12-5(2)6(3)13-8(9)11/h4-6H,1H2,2-3H3,(H2,9,11). The maximum Gasteiger partial charge on any atom is 0.404 e. The van der Waals surface area contributed by atoms with Gasteiger partial charge in [-0.1, -0.05) is 6.58 Å². The van der Waals surface area contributed by atoms with Gasteiger partial charge in [0.05, 0.1) is 0 Å². The first kappa shape index (κ1) is 11.5. The lowest BCUT2D eigenvalue weighted by Gasteiger charge is -2.18. The summed E-state index contributed by atoms with van der Waals surface area (Å²) in [5.41, 5.74) is 4.77. The number of carbonyl (C=O) groups excluding carboxylic acids is 2. The highest BCUT2D eigenvalue weighted by atomic mass is 16.6. The van der Waals surface area contributed by atoms with Crippen LogP contribution in [0.25, 0.3) is 0 Å². The molecule has 0 bridgehead atoms. The molecule has 0 saturated heterocycles. The average molecular weight is 187 g/mol. The second kappa shape index (κ2) is 5.18. The Bertz CT molecular complexity index is 214. The molecule has 13 heavy (non-hydrogen) atoms. The normalized spacial score (nSPS) is 14.0. The lowest BCUT2D eigenvalue weighted by atomic mass is 10.2. The molecule has 2 unspecified atom stereocenters. The fourth-order valence-electron chi connectivity index (χ4n) is 0.606. The molecule has 0 aromatic carbocycles. The van der Waals surface area contributed by atoms with E-state index in [4.69, 9.17) is 10.5 Å². The first-order valence-electron chi connectivity index (χ1n) is 3.76. The number of ether oxygens (including phenoxy) is 2. The van der Waals surface area contributed by atoms with Crippen molar-refractivity contribution in [1.82, 2.24) is 0 Å². The predicted molar refractivity (Wildman–Crippen MR) is 45.9 cm³/mol. The summed E-state index contributed by atoms with van der Waals surface area (Å²) in [6.45, 7) is 6.39. The van der Waals surface area contributed by atoms with Crippen molar-refractivity contribution in [1.29, 1.82) is 0 Å². The Balaban J connectivity index is 3.95. The molecule has 0 spiro atoms. The van der Waals surface area contributed by atoms with Gasteiger partial charge in [-0.2, -0.15) is 0 Å². The van der Waals surface area contributed by atoms with Gasteiger partial charge in [-0.05, 0) is 13.8 Å². The van der Waals surface area contributed by atoms with Gasteiger partial charge >= 0.3 is 12.1 Å². The minimum atomic E-state index is -0.894. The molecular formula is C8H13NO4. The topological polar surface area (TPSA) is 78.6 Å². The van der Waals surface area contributed by atoms with E-state index in [1.807, 2.05) is 0 Å². The van der Waals surface area contributed by atoms with Crippen LogP contribution in [0.2, 0.25) is 0 Å². The highest BCUT2D eigenvalue weighted by molar-refractivity contribution is 5.81. The van der Waals surface area contributed by atoms with Crippen LogP contribution in [0.3, 0.4) is 0 Å². The molecule has 0 aromatic rings. The summed E-state index contributed by atoms with van der Waals surface area (Å²) in [5, 5.41) is 0. The van der Waals surface area contributed by atoms with Crippen molar-refractivity contribution in [2.24, 2.45) is 5.73 Å². The average Bonchev–Trinajstić information content (AvgIpc) is 2.02. The first-order valence-corrected chi connectivity index (χ1v) is 3.76. The number of esters is 1. The summed E-state index contributed by atoms with van der Waals surface area (Å²) < 4.78 is 9.36. The molecule has 1 amide bonds. The van der Waals surface area contributed by atoms with Gasteiger partial charge in [0.15, 0.2) is 0 Å². The molecule has 74 valence electrons. The zero-order valence-electron chi connectivity index (χ0n) is 7.65. The minimum Gasteiger partial charge on any atom is -0.456 e. The Morgan fingerprint density at radius 1 is 1.31 bits per heavy atom. The van der Waals surface area contributed by atoms with E-state index in [0.717, 1.165) is 6.08 Å². The Hall–Kier alpha value is -1.52. The van der Waals surface area contributed by atoms with Gasteiger partial charge < -0.3 is 15.2 Å². The van der Waals surface area contributed by atoms with E-state index in [0.29, 0.717) is 0 Å². The minimum absolute atomic E-state index is 0.544. The van der Waals surface area contributed by atoms with Crippen LogP contribution in [0.15, 0.2) is 12.7 Å². The van der Waals surface area contributed by atoms with Gasteiger partial charge in [0, 0.05) is 6.08 Å². The lowest BCUT2D eigenvalue weighted by Crippen LogP contribution is -2.32. The van der Waals surface area contributed by atoms with Crippen LogP contribution < -0.4 is 5.73 Å². The van der Waals surface area contributed by atoms with Crippen LogP contribution in [-0.2, 0) is 14.3 Å². The molecule has 0 aliphatic carbocycles. The molecule has 0 radical (unpaired) electrons. The van der Waals surface area contributed by atoms with Gasteiger partial charge in [-0.25, -0.2) is 9.59 Å². The zero-order chi connectivity index (χ0) is 10.4. The number of hydrogen-bond acceptors (Lipinski definition) is 4. The van der Waals surface area contributed by atoms with Crippen LogP contribution in [0.4, 0.5) is 4.79 Å². The summed E-state index contributed by atoms with van der Waals surface area (Å²) in [6.07, 6.45) is -0.971. The fourth-order valence-corrected chi connectivity index (χ4v) is 0.606. The quantitative estimate of drug-likeness (QED) is 0.516. The Labute approximate surface area is 76.5 Å². The van der Waals surface area contributed by atoms with Gasteiger partial charge in [0.1, 0.15) is 12.2 Å². The Morgan fingerprint density at radius 2 is 1.77 bits per heavy atom. The maximum absolute atomic E-state index is 10.7. The molecule has 0 saturated carbocycles. The summed E-state index contributed by atoms with van der Waals surface area (Å²) in [7, 11) is 0. The number of primary amides is 1. The molecule has 0 rings (SSSR count). The smallest absolute Gasteiger partial charge is 0.404 e. The molecule has 0 fully saturated rings. The van der Waals surface area contributed by atoms with E-state index in [1.54, 1.807) is 13.8 Å². The van der Waals surface area contributed by atoms with Crippen LogP contribution >= 0.6 is 0 Å². The molecule has 0 aliphatic rings. The number of rotatable bonds is 4. The second-order valence-electron chi connectivity index (χ2n) is 2.49. The summed E-state index contributed by atoms with van der Waals surface area (Å²) in [5.74, 6) is -0.563. The third-order valence-corrected chi connectivity index (χ3v) is 1.43. The van der Waals surface area contributed by atoms with E-state index in [9.17, 15) is 9.59 Å². The number of nitrogens with two attached hydrogens (primary N) is 1. The Kier molecular flexibility index (Phi) is 4.58. The van der Waals surface area contributed by atoms with Crippen LogP contribution in [0.5, 0.6) is 0 Å². The third kappa shape index (κ3) is 4.84. The Morgan fingerprint density at radius 3 is 2.15 bits per heavy atom. The molecule has 2 atom stereocenters. The SMILES string of the molecule is C=CC(=O)OC(C)C(C)OC(N)=O. The van der Waals surface area contributed by atoms with Crippen molar-refractivity contribution in [3.8, 4) is 0 Å². The monoisotopic (exact) mass is 187 g/mol. The third-order valence-electron chi connectivity index (χ3n) is 1.43. The van der Waals surface area contributed by atoms with Crippen molar-refractivity contribution >= 4 is 12.1 Å². The molecule has 5 nitrogen and oxygen atoms in total. The zero-order valence-corrected chi connectivity index (χ0v) is 7.65. The molecule has 5 heteroatoms. The van der Waals surface area contributed by atoms with E-state index in [1.165, 1.54) is 0 Å². The molecule has 0 heterocycles. The van der Waals surface area contributed by atoms with Crippen LogP contribution in [0.1, 0.15) is 13.8 Å². The van der Waals surface area contributed by atoms with Gasteiger partial charge in [-0.3, -0.25) is 0 Å². The fraction of sp³-hybridized carbons (Fsp3) is 0.500. The maximum atomic E-state index is 10.7. The molecule has 0 aliphatic heterocycles. The first-order chi connectivity index (χ1) is 5.97. The van der Waals surface area contributed by atoms with E-state index in [2.05, 4.69) is 11.3 Å². The predicted octanol–water partition coefficient (Wildman–Crippen LogP) is 0.588. The number of amides is 1. The highest BCUT2D eigenvalue weighted by Gasteiger charge is 2.17. The van der Waals surface area contributed by atoms with Crippen molar-refractivity contribution in [2.75, 3.05) is 0 Å². The molecule has 2 N–H and O–H groups in total. The van der Waals surface area contributed by atoms with E-state index < -0.39 is 24.3 Å². The van der Waals surface area contributed by atoms with Gasteiger partial charge in [0.2, 0.25) is 0 Å². The van der Waals surface area contributed by atoms with Crippen molar-refractivity contribution in [2.45, 2.75) is 26.1 Å². The van der Waals surface area contributed by atoms with Crippen molar-refractivity contribution in [3.63, 3.8) is 0 Å². The summed E-state index contributed by atoms with van der Waals surface area (Å²) in [4.78, 5) is 21.0. The van der Waals surface area contributed by atoms with E-state index in [-0.39, 0.29) is 0 Å². The second-order valence-corrected chi connectivity index (χ2v) is 2.49. The summed E-state index contributed by atoms with van der Waals surface area (Å²) in [6, 6.07) is 0. The van der Waals surface area contributed by atoms with Crippen LogP contribution in [-0.4, -0.2) is 24.3 Å².